The Bertz CT molecular complexity index is 608. The van der Waals surface area contributed by atoms with E-state index in [0.29, 0.717) is 0 Å². The fourth-order valence-corrected chi connectivity index (χ4v) is 2.35. The topological polar surface area (TPSA) is 41.1 Å². The largest absolute Gasteiger partial charge is 0.378 e. The average molecular weight is 282 g/mol. The lowest BCUT2D eigenvalue weighted by atomic mass is 10.0. The highest BCUT2D eigenvalue weighted by Crippen LogP contribution is 2.27. The molecular weight excluding hydrogens is 260 g/mol. The van der Waals surface area contributed by atoms with Gasteiger partial charge in [-0.05, 0) is 36.6 Å². The molecule has 2 rings (SSSR count). The zero-order valence-electron chi connectivity index (χ0n) is 12.8. The number of aryl methyl sites for hydroxylation is 1. The molecule has 2 N–H and O–H groups in total. The summed E-state index contributed by atoms with van der Waals surface area (Å²) in [5, 5.41) is 6.40. The maximum absolute atomic E-state index is 11.2. The summed E-state index contributed by atoms with van der Waals surface area (Å²) in [6, 6.07) is 16.6. The molecule has 0 saturated carbocycles. The van der Waals surface area contributed by atoms with Crippen LogP contribution in [-0.4, -0.2) is 5.91 Å². The molecule has 3 heteroatoms. The Balaban J connectivity index is 2.22. The predicted octanol–water partition coefficient (Wildman–Crippen LogP) is 4.52. The molecule has 0 fully saturated rings. The van der Waals surface area contributed by atoms with Crippen LogP contribution in [0.5, 0.6) is 0 Å². The molecule has 0 radical (unpaired) electrons. The van der Waals surface area contributed by atoms with Gasteiger partial charge in [0.2, 0.25) is 5.91 Å². The van der Waals surface area contributed by atoms with Gasteiger partial charge in [0.15, 0.2) is 0 Å². The van der Waals surface area contributed by atoms with Gasteiger partial charge < -0.3 is 10.6 Å². The minimum atomic E-state index is -0.0556. The molecule has 0 aliphatic carbocycles. The Kier molecular flexibility index (Phi) is 4.99. The van der Waals surface area contributed by atoms with Crippen molar-refractivity contribution in [2.24, 2.45) is 0 Å². The minimum absolute atomic E-state index is 0.0556. The van der Waals surface area contributed by atoms with Crippen molar-refractivity contribution in [2.75, 3.05) is 10.6 Å². The normalized spacial score (nSPS) is 11.8. The van der Waals surface area contributed by atoms with E-state index in [9.17, 15) is 4.79 Å². The van der Waals surface area contributed by atoms with E-state index >= 15 is 0 Å². The SMILES string of the molecule is CCC(Nc1cc(NC(C)=O)ccc1C)c1ccccc1. The quantitative estimate of drug-likeness (QED) is 0.846. The average Bonchev–Trinajstić information content (AvgIpc) is 2.48. The molecule has 0 bridgehead atoms. The Morgan fingerprint density at radius 3 is 2.48 bits per heavy atom. The van der Waals surface area contributed by atoms with Crippen LogP contribution in [0.25, 0.3) is 0 Å². The number of nitrogens with one attached hydrogen (secondary N) is 2. The van der Waals surface area contributed by atoms with Crippen molar-refractivity contribution in [1.82, 2.24) is 0 Å². The van der Waals surface area contributed by atoms with E-state index in [2.05, 4.69) is 48.7 Å². The van der Waals surface area contributed by atoms with Gasteiger partial charge in [-0.3, -0.25) is 4.79 Å². The monoisotopic (exact) mass is 282 g/mol. The lowest BCUT2D eigenvalue weighted by Gasteiger charge is -2.21. The Morgan fingerprint density at radius 1 is 1.14 bits per heavy atom. The van der Waals surface area contributed by atoms with Crippen molar-refractivity contribution in [3.63, 3.8) is 0 Å². The van der Waals surface area contributed by atoms with Gasteiger partial charge in [0.25, 0.3) is 0 Å². The van der Waals surface area contributed by atoms with Crippen molar-refractivity contribution in [2.45, 2.75) is 33.2 Å². The summed E-state index contributed by atoms with van der Waals surface area (Å²) < 4.78 is 0. The van der Waals surface area contributed by atoms with Gasteiger partial charge in [0.1, 0.15) is 0 Å². The fraction of sp³-hybridized carbons (Fsp3) is 0.278. The minimum Gasteiger partial charge on any atom is -0.378 e. The second-order valence-electron chi connectivity index (χ2n) is 5.23. The molecular formula is C18H22N2O. The molecule has 110 valence electrons. The van der Waals surface area contributed by atoms with Gasteiger partial charge in [-0.2, -0.15) is 0 Å². The first-order valence-electron chi connectivity index (χ1n) is 7.30. The van der Waals surface area contributed by atoms with Gasteiger partial charge in [0, 0.05) is 18.3 Å². The first kappa shape index (κ1) is 15.1. The molecule has 2 aromatic carbocycles. The van der Waals surface area contributed by atoms with Crippen LogP contribution in [0.15, 0.2) is 48.5 Å². The number of hydrogen-bond donors (Lipinski definition) is 2. The molecule has 0 saturated heterocycles. The van der Waals surface area contributed by atoms with Crippen molar-refractivity contribution in [3.8, 4) is 0 Å². The smallest absolute Gasteiger partial charge is 0.221 e. The Labute approximate surface area is 126 Å². The molecule has 1 atom stereocenters. The lowest BCUT2D eigenvalue weighted by molar-refractivity contribution is -0.114. The van der Waals surface area contributed by atoms with Crippen LogP contribution in [0, 0.1) is 6.92 Å². The van der Waals surface area contributed by atoms with Crippen LogP contribution in [0.2, 0.25) is 0 Å². The first-order chi connectivity index (χ1) is 10.1. The molecule has 1 unspecified atom stereocenters. The van der Waals surface area contributed by atoms with E-state index in [1.165, 1.54) is 18.1 Å². The lowest BCUT2D eigenvalue weighted by Crippen LogP contribution is -2.11. The first-order valence-corrected chi connectivity index (χ1v) is 7.30. The van der Waals surface area contributed by atoms with Crippen molar-refractivity contribution >= 4 is 17.3 Å². The summed E-state index contributed by atoms with van der Waals surface area (Å²) in [6.45, 7) is 5.75. The van der Waals surface area contributed by atoms with Crippen LogP contribution >= 0.6 is 0 Å². The van der Waals surface area contributed by atoms with Crippen LogP contribution in [0.1, 0.15) is 37.4 Å². The van der Waals surface area contributed by atoms with Crippen LogP contribution in [-0.2, 0) is 4.79 Å². The molecule has 0 aliphatic heterocycles. The highest BCUT2D eigenvalue weighted by Gasteiger charge is 2.10. The zero-order chi connectivity index (χ0) is 15.2. The highest BCUT2D eigenvalue weighted by molar-refractivity contribution is 5.89. The number of hydrogen-bond acceptors (Lipinski definition) is 2. The maximum atomic E-state index is 11.2. The predicted molar refractivity (Wildman–Crippen MR) is 88.6 cm³/mol. The van der Waals surface area contributed by atoms with E-state index in [0.717, 1.165) is 17.8 Å². The second-order valence-corrected chi connectivity index (χ2v) is 5.23. The molecule has 21 heavy (non-hydrogen) atoms. The molecule has 1 amide bonds. The highest BCUT2D eigenvalue weighted by atomic mass is 16.1. The third kappa shape index (κ3) is 4.09. The van der Waals surface area contributed by atoms with Crippen molar-refractivity contribution in [1.29, 1.82) is 0 Å². The molecule has 3 nitrogen and oxygen atoms in total. The van der Waals surface area contributed by atoms with E-state index in [4.69, 9.17) is 0 Å². The summed E-state index contributed by atoms with van der Waals surface area (Å²) >= 11 is 0. The van der Waals surface area contributed by atoms with Crippen LogP contribution < -0.4 is 10.6 Å². The van der Waals surface area contributed by atoms with E-state index in [1.807, 2.05) is 24.3 Å². The Hall–Kier alpha value is -2.29. The number of rotatable bonds is 5. The van der Waals surface area contributed by atoms with Gasteiger partial charge in [0.05, 0.1) is 6.04 Å². The molecule has 0 aromatic heterocycles. The molecule has 0 heterocycles. The molecule has 2 aromatic rings. The summed E-state index contributed by atoms with van der Waals surface area (Å²) in [6.07, 6.45) is 0.994. The third-order valence-corrected chi connectivity index (χ3v) is 3.50. The summed E-state index contributed by atoms with van der Waals surface area (Å²) in [7, 11) is 0. The third-order valence-electron chi connectivity index (χ3n) is 3.50. The zero-order valence-corrected chi connectivity index (χ0v) is 12.8. The fourth-order valence-electron chi connectivity index (χ4n) is 2.35. The second kappa shape index (κ2) is 6.93. The van der Waals surface area contributed by atoms with E-state index in [1.54, 1.807) is 0 Å². The van der Waals surface area contributed by atoms with Gasteiger partial charge >= 0.3 is 0 Å². The number of amides is 1. The molecule has 0 aliphatic rings. The summed E-state index contributed by atoms with van der Waals surface area (Å²) in [5.41, 5.74) is 4.30. The molecule has 0 spiro atoms. The summed E-state index contributed by atoms with van der Waals surface area (Å²) in [4.78, 5) is 11.2. The maximum Gasteiger partial charge on any atom is 0.221 e. The standard InChI is InChI=1S/C18H22N2O/c1-4-17(15-8-6-5-7-9-15)20-18-12-16(19-14(3)21)11-10-13(18)2/h5-12,17,20H,4H2,1-3H3,(H,19,21). The van der Waals surface area contributed by atoms with Crippen LogP contribution in [0.3, 0.4) is 0 Å². The number of benzene rings is 2. The van der Waals surface area contributed by atoms with Gasteiger partial charge in [-0.15, -0.1) is 0 Å². The van der Waals surface area contributed by atoms with Crippen LogP contribution in [0.4, 0.5) is 11.4 Å². The number of carbonyl (C=O) groups is 1. The van der Waals surface area contributed by atoms with Crippen molar-refractivity contribution < 1.29 is 4.79 Å². The van der Waals surface area contributed by atoms with E-state index < -0.39 is 0 Å². The Morgan fingerprint density at radius 2 is 1.86 bits per heavy atom. The van der Waals surface area contributed by atoms with Gasteiger partial charge in [-0.1, -0.05) is 43.3 Å². The number of anilines is 2. The van der Waals surface area contributed by atoms with Crippen molar-refractivity contribution in [3.05, 3.63) is 59.7 Å². The van der Waals surface area contributed by atoms with Gasteiger partial charge in [-0.25, -0.2) is 0 Å². The number of carbonyl (C=O) groups excluding carboxylic acids is 1. The van der Waals surface area contributed by atoms with E-state index in [-0.39, 0.29) is 11.9 Å². The summed E-state index contributed by atoms with van der Waals surface area (Å²) in [5.74, 6) is -0.0556.